The minimum Gasteiger partial charge on any atom is -0.462 e. The lowest BCUT2D eigenvalue weighted by molar-refractivity contribution is -0.380. The predicted octanol–water partition coefficient (Wildman–Crippen LogP) is 4.65. The van der Waals surface area contributed by atoms with Crippen LogP contribution in [-0.2, 0) is 9.53 Å². The summed E-state index contributed by atoms with van der Waals surface area (Å²) in [5.41, 5.74) is 1.21. The van der Waals surface area contributed by atoms with E-state index in [-0.39, 0.29) is 34.5 Å². The number of carbonyl (C=O) groups excluding carboxylic acids is 2. The third kappa shape index (κ3) is 6.37. The van der Waals surface area contributed by atoms with Crippen LogP contribution in [0.25, 0.3) is 0 Å². The van der Waals surface area contributed by atoms with Crippen LogP contribution in [0, 0.1) is 17.0 Å². The molecule has 0 aliphatic carbocycles. The van der Waals surface area contributed by atoms with Gasteiger partial charge in [-0.1, -0.05) is 17.7 Å². The Morgan fingerprint density at radius 2 is 2.00 bits per heavy atom. The number of anilines is 1. The van der Waals surface area contributed by atoms with Crippen LogP contribution in [-0.4, -0.2) is 29.2 Å². The molecule has 0 aliphatic heterocycles. The number of ether oxygens (including phenoxy) is 1. The van der Waals surface area contributed by atoms with E-state index in [0.717, 1.165) is 28.1 Å². The fourth-order valence-electron chi connectivity index (χ4n) is 2.17. The number of amides is 1. The number of thiophene rings is 1. The van der Waals surface area contributed by atoms with Crippen LogP contribution in [0.4, 0.5) is 10.0 Å². The Hall–Kier alpha value is -2.39. The van der Waals surface area contributed by atoms with E-state index in [1.54, 1.807) is 18.7 Å². The number of nitrogens with zero attached hydrogens (tertiary/aromatic N) is 1. The summed E-state index contributed by atoms with van der Waals surface area (Å²) in [4.78, 5) is 35.6. The van der Waals surface area contributed by atoms with Gasteiger partial charge in [0.25, 0.3) is 0 Å². The number of hydrogen-bond acceptors (Lipinski definition) is 7. The molecule has 144 valence electrons. The zero-order valence-corrected chi connectivity index (χ0v) is 16.7. The fourth-order valence-corrected chi connectivity index (χ4v) is 3.90. The molecule has 1 aromatic carbocycles. The van der Waals surface area contributed by atoms with Gasteiger partial charge in [-0.15, -0.1) is 11.8 Å². The summed E-state index contributed by atoms with van der Waals surface area (Å²) < 4.78 is 4.89. The maximum atomic E-state index is 12.1. The lowest BCUT2D eigenvalue weighted by Crippen LogP contribution is -2.14. The van der Waals surface area contributed by atoms with Gasteiger partial charge in [0.1, 0.15) is 10.6 Å². The molecule has 0 radical (unpaired) electrons. The number of rotatable bonds is 9. The minimum atomic E-state index is -0.688. The number of aryl methyl sites for hydroxylation is 1. The van der Waals surface area contributed by atoms with Gasteiger partial charge in [0.2, 0.25) is 5.91 Å². The average molecular weight is 409 g/mol. The van der Waals surface area contributed by atoms with E-state index >= 15 is 0 Å². The van der Waals surface area contributed by atoms with E-state index < -0.39 is 10.9 Å². The first-order valence-electron chi connectivity index (χ1n) is 8.35. The van der Waals surface area contributed by atoms with Gasteiger partial charge in [-0.3, -0.25) is 14.9 Å². The van der Waals surface area contributed by atoms with Crippen LogP contribution < -0.4 is 5.32 Å². The van der Waals surface area contributed by atoms with Crippen LogP contribution in [0.15, 0.2) is 35.2 Å². The third-order valence-electron chi connectivity index (χ3n) is 3.49. The van der Waals surface area contributed by atoms with Crippen molar-refractivity contribution in [2.75, 3.05) is 17.7 Å². The fraction of sp³-hybridized carbons (Fsp3) is 0.333. The van der Waals surface area contributed by atoms with E-state index in [9.17, 15) is 19.7 Å². The molecule has 1 amide bonds. The predicted molar refractivity (Wildman–Crippen MR) is 107 cm³/mol. The Bertz CT molecular complexity index is 818. The number of nitro groups is 1. The summed E-state index contributed by atoms with van der Waals surface area (Å²) in [7, 11) is 0. The lowest BCUT2D eigenvalue weighted by atomic mass is 10.2. The molecule has 9 heteroatoms. The molecule has 0 saturated carbocycles. The van der Waals surface area contributed by atoms with Gasteiger partial charge in [-0.05, 0) is 49.5 Å². The molecule has 1 aromatic heterocycles. The van der Waals surface area contributed by atoms with Gasteiger partial charge < -0.3 is 10.1 Å². The molecule has 27 heavy (non-hydrogen) atoms. The van der Waals surface area contributed by atoms with Crippen molar-refractivity contribution in [3.05, 3.63) is 51.6 Å². The van der Waals surface area contributed by atoms with Gasteiger partial charge in [0, 0.05) is 17.4 Å². The second-order valence-corrected chi connectivity index (χ2v) is 7.82. The maximum absolute atomic E-state index is 12.1. The number of hydrogen-bond donors (Lipinski definition) is 1. The van der Waals surface area contributed by atoms with Crippen molar-refractivity contribution < 1.29 is 19.2 Å². The Morgan fingerprint density at radius 3 is 2.63 bits per heavy atom. The zero-order chi connectivity index (χ0) is 19.8. The van der Waals surface area contributed by atoms with E-state index in [0.29, 0.717) is 6.42 Å². The Labute approximate surface area is 165 Å². The van der Waals surface area contributed by atoms with Gasteiger partial charge in [0.05, 0.1) is 11.5 Å². The largest absolute Gasteiger partial charge is 0.462 e. The second-order valence-electron chi connectivity index (χ2n) is 5.62. The molecule has 2 aromatic rings. The third-order valence-corrected chi connectivity index (χ3v) is 5.59. The Morgan fingerprint density at radius 1 is 1.30 bits per heavy atom. The summed E-state index contributed by atoms with van der Waals surface area (Å²) in [5.74, 6) is -0.208. The molecule has 2 rings (SSSR count). The van der Waals surface area contributed by atoms with Crippen LogP contribution in [0.2, 0.25) is 0 Å². The second kappa shape index (κ2) is 10.1. The number of nitrogens with one attached hydrogen (secondary N) is 1. The summed E-state index contributed by atoms with van der Waals surface area (Å²) in [6.45, 7) is 3.81. The molecule has 0 unspecified atom stereocenters. The first-order chi connectivity index (χ1) is 12.9. The maximum Gasteiger partial charge on any atom is 0.341 e. The van der Waals surface area contributed by atoms with E-state index in [1.807, 2.05) is 31.2 Å². The highest BCUT2D eigenvalue weighted by atomic mass is 32.2. The highest BCUT2D eigenvalue weighted by Crippen LogP contribution is 2.34. The molecular formula is C18H20N2O5S2. The first kappa shape index (κ1) is 20.9. The van der Waals surface area contributed by atoms with Crippen molar-refractivity contribution in [3.63, 3.8) is 0 Å². The topological polar surface area (TPSA) is 98.5 Å². The van der Waals surface area contributed by atoms with Crippen molar-refractivity contribution in [2.45, 2.75) is 31.6 Å². The Kier molecular flexibility index (Phi) is 7.81. The van der Waals surface area contributed by atoms with Crippen molar-refractivity contribution in [1.82, 2.24) is 0 Å². The summed E-state index contributed by atoms with van der Waals surface area (Å²) >= 11 is 2.41. The zero-order valence-electron chi connectivity index (χ0n) is 15.0. The van der Waals surface area contributed by atoms with Crippen LogP contribution in [0.5, 0.6) is 0 Å². The summed E-state index contributed by atoms with van der Waals surface area (Å²) in [6.07, 6.45) is 0.902. The first-order valence-corrected chi connectivity index (χ1v) is 10.2. The molecule has 0 spiro atoms. The normalized spacial score (nSPS) is 10.4. The number of thioether (sulfide) groups is 1. The van der Waals surface area contributed by atoms with Crippen LogP contribution in [0.1, 0.15) is 35.7 Å². The van der Waals surface area contributed by atoms with Crippen molar-refractivity contribution in [3.8, 4) is 0 Å². The number of esters is 1. The molecule has 0 atom stereocenters. The van der Waals surface area contributed by atoms with Crippen molar-refractivity contribution in [1.29, 1.82) is 0 Å². The molecule has 0 fully saturated rings. The molecule has 1 N–H and O–H groups in total. The van der Waals surface area contributed by atoms with Gasteiger partial charge in [0.15, 0.2) is 0 Å². The molecule has 0 bridgehead atoms. The quantitative estimate of drug-likeness (QED) is 0.213. The molecule has 0 saturated heterocycles. The van der Waals surface area contributed by atoms with Gasteiger partial charge in [-0.25, -0.2) is 4.79 Å². The molecule has 7 nitrogen and oxygen atoms in total. The highest BCUT2D eigenvalue weighted by molar-refractivity contribution is 7.99. The molecule has 0 aliphatic rings. The lowest BCUT2D eigenvalue weighted by Gasteiger charge is -2.06. The van der Waals surface area contributed by atoms with Crippen molar-refractivity contribution >= 4 is 45.0 Å². The highest BCUT2D eigenvalue weighted by Gasteiger charge is 2.23. The summed E-state index contributed by atoms with van der Waals surface area (Å²) in [5, 5.41) is 13.5. The SMILES string of the molecule is CCOC(=O)c1cc([N+](=O)[O-])sc1NC(=O)CCCSc1ccc(C)cc1. The minimum absolute atomic E-state index is 0.0101. The molecular weight excluding hydrogens is 388 g/mol. The van der Waals surface area contributed by atoms with Gasteiger partial charge >= 0.3 is 11.0 Å². The van der Waals surface area contributed by atoms with E-state index in [4.69, 9.17) is 4.74 Å². The van der Waals surface area contributed by atoms with Gasteiger partial charge in [-0.2, -0.15) is 0 Å². The monoisotopic (exact) mass is 408 g/mol. The van der Waals surface area contributed by atoms with Crippen LogP contribution in [0.3, 0.4) is 0 Å². The standard InChI is InChI=1S/C18H20N2O5S2/c1-3-25-18(22)14-11-16(20(23)24)27-17(14)19-15(21)5-4-10-26-13-8-6-12(2)7-9-13/h6-9,11H,3-5,10H2,1-2H3,(H,19,21). The van der Waals surface area contributed by atoms with Crippen LogP contribution >= 0.6 is 23.1 Å². The van der Waals surface area contributed by atoms with Crippen molar-refractivity contribution in [2.24, 2.45) is 0 Å². The summed E-state index contributed by atoms with van der Waals surface area (Å²) in [6, 6.07) is 9.28. The Balaban J connectivity index is 1.89. The average Bonchev–Trinajstić information content (AvgIpc) is 3.04. The smallest absolute Gasteiger partial charge is 0.341 e. The number of carbonyl (C=O) groups is 2. The van der Waals surface area contributed by atoms with E-state index in [1.165, 1.54) is 5.56 Å². The molecule has 1 heterocycles. The van der Waals surface area contributed by atoms with E-state index in [2.05, 4.69) is 5.32 Å². The number of benzene rings is 1.